The predicted molar refractivity (Wildman–Crippen MR) is 70.6 cm³/mol. The van der Waals surface area contributed by atoms with Gasteiger partial charge in [0.1, 0.15) is 0 Å². The van der Waals surface area contributed by atoms with Gasteiger partial charge >= 0.3 is 0 Å². The van der Waals surface area contributed by atoms with E-state index in [1.807, 2.05) is 0 Å². The highest BCUT2D eigenvalue weighted by Gasteiger charge is 2.21. The van der Waals surface area contributed by atoms with E-state index in [1.54, 1.807) is 0 Å². The Bertz CT molecular complexity index is 498. The van der Waals surface area contributed by atoms with Crippen LogP contribution in [0.4, 0.5) is 11.4 Å². The number of carbonyl (C=O) groups excluding carboxylic acids is 1. The van der Waals surface area contributed by atoms with Gasteiger partial charge in [0, 0.05) is 18.2 Å². The van der Waals surface area contributed by atoms with Crippen LogP contribution in [0.2, 0.25) is 0 Å². The Hall–Kier alpha value is -2.15. The van der Waals surface area contributed by atoms with Crippen molar-refractivity contribution in [1.29, 1.82) is 0 Å². The zero-order valence-electron chi connectivity index (χ0n) is 10.4. The third kappa shape index (κ3) is 3.00. The molecule has 4 N–H and O–H groups in total. The van der Waals surface area contributed by atoms with E-state index < -0.39 is 4.92 Å². The van der Waals surface area contributed by atoms with E-state index in [4.69, 9.17) is 5.84 Å². The number of benzene rings is 1. The van der Waals surface area contributed by atoms with Gasteiger partial charge in [0.05, 0.1) is 16.2 Å². The summed E-state index contributed by atoms with van der Waals surface area (Å²) in [6.07, 6.45) is 4.10. The lowest BCUT2D eigenvalue weighted by molar-refractivity contribution is -0.384. The first-order valence-electron chi connectivity index (χ1n) is 6.17. The molecule has 0 atom stereocenters. The van der Waals surface area contributed by atoms with Gasteiger partial charge in [-0.25, -0.2) is 0 Å². The number of hydrogen-bond acceptors (Lipinski definition) is 5. The molecule has 7 heteroatoms. The molecule has 1 aliphatic carbocycles. The van der Waals surface area contributed by atoms with Crippen LogP contribution in [0.1, 0.15) is 36.0 Å². The van der Waals surface area contributed by atoms with Crippen LogP contribution in [-0.4, -0.2) is 16.9 Å². The number of nitrogens with zero attached hydrogens (tertiary/aromatic N) is 1. The number of nitrogen functional groups attached to an aromatic ring is 1. The first-order valence-corrected chi connectivity index (χ1v) is 6.17. The van der Waals surface area contributed by atoms with Gasteiger partial charge in [-0.3, -0.25) is 20.8 Å². The zero-order valence-corrected chi connectivity index (χ0v) is 10.4. The smallest absolute Gasteiger partial charge is 0.270 e. The Morgan fingerprint density at radius 2 is 2.05 bits per heavy atom. The standard InChI is InChI=1S/C12H16N4O3/c13-15-11-6-5-9(16(18)19)7-10(11)12(17)14-8-3-1-2-4-8/h5-8,15H,1-4,13H2,(H,14,17). The topological polar surface area (TPSA) is 110 Å². The molecule has 1 aromatic carbocycles. The van der Waals surface area contributed by atoms with E-state index in [0.717, 1.165) is 25.7 Å². The average Bonchev–Trinajstić information content (AvgIpc) is 2.90. The minimum Gasteiger partial charge on any atom is -0.349 e. The van der Waals surface area contributed by atoms with Crippen LogP contribution in [0.15, 0.2) is 18.2 Å². The maximum atomic E-state index is 12.1. The molecule has 1 aliphatic rings. The Kier molecular flexibility index (Phi) is 3.96. The second kappa shape index (κ2) is 5.66. The van der Waals surface area contributed by atoms with Crippen LogP contribution in [0.3, 0.4) is 0 Å². The molecule has 19 heavy (non-hydrogen) atoms. The van der Waals surface area contributed by atoms with E-state index in [2.05, 4.69) is 10.7 Å². The van der Waals surface area contributed by atoms with Gasteiger partial charge in [-0.15, -0.1) is 0 Å². The third-order valence-electron chi connectivity index (χ3n) is 3.30. The van der Waals surface area contributed by atoms with Crippen LogP contribution in [0, 0.1) is 10.1 Å². The largest absolute Gasteiger partial charge is 0.349 e. The maximum Gasteiger partial charge on any atom is 0.270 e. The third-order valence-corrected chi connectivity index (χ3v) is 3.30. The van der Waals surface area contributed by atoms with Crippen LogP contribution < -0.4 is 16.6 Å². The van der Waals surface area contributed by atoms with Crippen molar-refractivity contribution in [2.75, 3.05) is 5.43 Å². The van der Waals surface area contributed by atoms with Gasteiger partial charge < -0.3 is 10.7 Å². The number of carbonyl (C=O) groups is 1. The lowest BCUT2D eigenvalue weighted by atomic mass is 10.1. The summed E-state index contributed by atoms with van der Waals surface area (Å²) in [5.74, 6) is 4.99. The van der Waals surface area contributed by atoms with Crippen LogP contribution in [0.5, 0.6) is 0 Å². The van der Waals surface area contributed by atoms with Crippen molar-refractivity contribution in [2.24, 2.45) is 5.84 Å². The fraction of sp³-hybridized carbons (Fsp3) is 0.417. The number of nitrogens with one attached hydrogen (secondary N) is 2. The summed E-state index contributed by atoms with van der Waals surface area (Å²) >= 11 is 0. The quantitative estimate of drug-likeness (QED) is 0.434. The second-order valence-electron chi connectivity index (χ2n) is 4.59. The number of nitro groups is 1. The first kappa shape index (κ1) is 13.3. The summed E-state index contributed by atoms with van der Waals surface area (Å²) in [6.45, 7) is 0. The number of amides is 1. The predicted octanol–water partition coefficient (Wildman–Crippen LogP) is 1.55. The lowest BCUT2D eigenvalue weighted by Gasteiger charge is -2.14. The zero-order chi connectivity index (χ0) is 13.8. The molecule has 0 spiro atoms. The van der Waals surface area contributed by atoms with E-state index in [-0.39, 0.29) is 23.2 Å². The Morgan fingerprint density at radius 1 is 1.37 bits per heavy atom. The lowest BCUT2D eigenvalue weighted by Crippen LogP contribution is -2.33. The number of nitrogens with two attached hydrogens (primary N) is 1. The van der Waals surface area contributed by atoms with Gasteiger partial charge in [0.15, 0.2) is 0 Å². The van der Waals surface area contributed by atoms with Crippen LogP contribution >= 0.6 is 0 Å². The molecule has 7 nitrogen and oxygen atoms in total. The molecule has 0 saturated heterocycles. The molecular weight excluding hydrogens is 248 g/mol. The van der Waals surface area contributed by atoms with Crippen molar-refractivity contribution in [1.82, 2.24) is 5.32 Å². The summed E-state index contributed by atoms with van der Waals surface area (Å²) in [5.41, 5.74) is 2.83. The SMILES string of the molecule is NNc1ccc([N+](=O)[O-])cc1C(=O)NC1CCCC1. The van der Waals surface area contributed by atoms with Crippen molar-refractivity contribution in [3.8, 4) is 0 Å². The van der Waals surface area contributed by atoms with Gasteiger partial charge in [-0.1, -0.05) is 12.8 Å². The molecule has 2 rings (SSSR count). The molecular formula is C12H16N4O3. The highest BCUT2D eigenvalue weighted by molar-refractivity contribution is 6.00. The van der Waals surface area contributed by atoms with Gasteiger partial charge in [0.2, 0.25) is 0 Å². The van der Waals surface area contributed by atoms with Crippen LogP contribution in [-0.2, 0) is 0 Å². The molecule has 0 heterocycles. The van der Waals surface area contributed by atoms with Crippen molar-refractivity contribution in [2.45, 2.75) is 31.7 Å². The molecule has 0 bridgehead atoms. The number of anilines is 1. The monoisotopic (exact) mass is 264 g/mol. The highest BCUT2D eigenvalue weighted by Crippen LogP contribution is 2.23. The van der Waals surface area contributed by atoms with Gasteiger partial charge in [-0.2, -0.15) is 0 Å². The summed E-state index contributed by atoms with van der Waals surface area (Å²) in [6, 6.07) is 4.13. The Morgan fingerprint density at radius 3 is 2.63 bits per heavy atom. The van der Waals surface area contributed by atoms with Crippen LogP contribution in [0.25, 0.3) is 0 Å². The van der Waals surface area contributed by atoms with Crippen molar-refractivity contribution >= 4 is 17.3 Å². The molecule has 0 unspecified atom stereocenters. The summed E-state index contributed by atoms with van der Waals surface area (Å²) in [7, 11) is 0. The van der Waals surface area contributed by atoms with Crippen molar-refractivity contribution < 1.29 is 9.72 Å². The second-order valence-corrected chi connectivity index (χ2v) is 4.59. The molecule has 1 fully saturated rings. The minimum absolute atomic E-state index is 0.129. The molecule has 1 saturated carbocycles. The average molecular weight is 264 g/mol. The van der Waals surface area contributed by atoms with E-state index in [0.29, 0.717) is 5.69 Å². The van der Waals surface area contributed by atoms with Gasteiger partial charge in [-0.05, 0) is 18.9 Å². The van der Waals surface area contributed by atoms with E-state index >= 15 is 0 Å². The fourth-order valence-electron chi connectivity index (χ4n) is 2.29. The minimum atomic E-state index is -0.535. The van der Waals surface area contributed by atoms with Crippen molar-refractivity contribution in [3.63, 3.8) is 0 Å². The Balaban J connectivity index is 2.22. The maximum absolute atomic E-state index is 12.1. The molecule has 1 amide bonds. The summed E-state index contributed by atoms with van der Waals surface area (Å²) < 4.78 is 0. The number of rotatable bonds is 4. The Labute approximate surface area is 110 Å². The molecule has 0 aromatic heterocycles. The normalized spacial score (nSPS) is 15.2. The van der Waals surface area contributed by atoms with Crippen molar-refractivity contribution in [3.05, 3.63) is 33.9 Å². The highest BCUT2D eigenvalue weighted by atomic mass is 16.6. The fourth-order valence-corrected chi connectivity index (χ4v) is 2.29. The number of nitro benzene ring substituents is 1. The number of hydrogen-bond donors (Lipinski definition) is 3. The molecule has 0 aliphatic heterocycles. The first-order chi connectivity index (χ1) is 9.11. The summed E-state index contributed by atoms with van der Waals surface area (Å²) in [4.78, 5) is 22.3. The number of hydrazine groups is 1. The summed E-state index contributed by atoms with van der Waals surface area (Å²) in [5, 5.41) is 13.6. The molecule has 1 aromatic rings. The number of non-ortho nitro benzene ring substituents is 1. The van der Waals surface area contributed by atoms with E-state index in [1.165, 1.54) is 18.2 Å². The van der Waals surface area contributed by atoms with Gasteiger partial charge in [0.25, 0.3) is 11.6 Å². The van der Waals surface area contributed by atoms with E-state index in [9.17, 15) is 14.9 Å². The molecule has 0 radical (unpaired) electrons. The molecule has 102 valence electrons.